The summed E-state index contributed by atoms with van der Waals surface area (Å²) in [6.45, 7) is 3.96. The largest absolute Gasteiger partial charge is 0.493 e. The van der Waals surface area contributed by atoms with E-state index >= 15 is 0 Å². The molecule has 5 heteroatoms. The van der Waals surface area contributed by atoms with Crippen LogP contribution in [0.4, 0.5) is 5.69 Å². The van der Waals surface area contributed by atoms with Gasteiger partial charge in [-0.2, -0.15) is 0 Å². The minimum Gasteiger partial charge on any atom is -0.493 e. The third-order valence-electron chi connectivity index (χ3n) is 3.24. The number of ether oxygens (including phenoxy) is 3. The van der Waals surface area contributed by atoms with E-state index < -0.39 is 0 Å². The lowest BCUT2D eigenvalue weighted by molar-refractivity contribution is 0.324. The van der Waals surface area contributed by atoms with Crippen LogP contribution in [0.5, 0.6) is 17.2 Å². The number of methoxy groups -OCH3 is 3. The second kappa shape index (κ2) is 6.43. The first-order valence-electron chi connectivity index (χ1n) is 6.72. The van der Waals surface area contributed by atoms with Crippen LogP contribution in [0.25, 0.3) is 0 Å². The Bertz CT molecular complexity index is 581. The fraction of sp³-hybridized carbons (Fsp3) is 0.375. The second-order valence-corrected chi connectivity index (χ2v) is 4.73. The summed E-state index contributed by atoms with van der Waals surface area (Å²) in [5, 5.41) is 3.36. The standard InChI is InChI=1S/C16H21NO4/c1-10-6-7-13(21-10)11(2)17-12-8-14(18-3)16(20-5)15(9-12)19-4/h6-9,11,17H,1-5H3. The molecule has 0 spiro atoms. The highest BCUT2D eigenvalue weighted by Crippen LogP contribution is 2.40. The van der Waals surface area contributed by atoms with Gasteiger partial charge in [-0.3, -0.25) is 0 Å². The number of rotatable bonds is 6. The Hall–Kier alpha value is -2.30. The number of anilines is 1. The van der Waals surface area contributed by atoms with Crippen molar-refractivity contribution in [3.05, 3.63) is 35.8 Å². The van der Waals surface area contributed by atoms with Crippen molar-refractivity contribution in [3.8, 4) is 17.2 Å². The third-order valence-corrected chi connectivity index (χ3v) is 3.24. The maximum Gasteiger partial charge on any atom is 0.203 e. The van der Waals surface area contributed by atoms with Gasteiger partial charge in [-0.25, -0.2) is 0 Å². The molecule has 1 atom stereocenters. The Balaban J connectivity index is 2.27. The maximum absolute atomic E-state index is 5.63. The average molecular weight is 291 g/mol. The van der Waals surface area contributed by atoms with Gasteiger partial charge < -0.3 is 23.9 Å². The average Bonchev–Trinajstić information content (AvgIpc) is 2.92. The van der Waals surface area contributed by atoms with Gasteiger partial charge in [0, 0.05) is 17.8 Å². The van der Waals surface area contributed by atoms with Crippen molar-refractivity contribution in [1.29, 1.82) is 0 Å². The maximum atomic E-state index is 5.63. The Morgan fingerprint density at radius 2 is 1.62 bits per heavy atom. The topological polar surface area (TPSA) is 52.9 Å². The molecule has 1 N–H and O–H groups in total. The lowest BCUT2D eigenvalue weighted by Crippen LogP contribution is -2.06. The molecule has 0 bridgehead atoms. The molecule has 114 valence electrons. The van der Waals surface area contributed by atoms with E-state index in [1.54, 1.807) is 21.3 Å². The Labute approximate surface area is 124 Å². The van der Waals surface area contributed by atoms with Gasteiger partial charge in [0.05, 0.1) is 27.4 Å². The van der Waals surface area contributed by atoms with E-state index in [2.05, 4.69) is 5.32 Å². The summed E-state index contributed by atoms with van der Waals surface area (Å²) in [7, 11) is 4.78. The molecular formula is C16H21NO4. The molecule has 1 aromatic carbocycles. The summed E-state index contributed by atoms with van der Waals surface area (Å²) in [5.74, 6) is 3.57. The summed E-state index contributed by atoms with van der Waals surface area (Å²) in [4.78, 5) is 0. The normalized spacial score (nSPS) is 11.9. The molecule has 21 heavy (non-hydrogen) atoms. The van der Waals surface area contributed by atoms with Gasteiger partial charge in [0.2, 0.25) is 5.75 Å². The lowest BCUT2D eigenvalue weighted by atomic mass is 10.2. The first-order valence-corrected chi connectivity index (χ1v) is 6.72. The van der Waals surface area contributed by atoms with Gasteiger partial charge in [-0.15, -0.1) is 0 Å². The Morgan fingerprint density at radius 1 is 1.00 bits per heavy atom. The van der Waals surface area contributed by atoms with Crippen LogP contribution in [0.1, 0.15) is 24.5 Å². The zero-order valence-electron chi connectivity index (χ0n) is 13.0. The molecule has 0 saturated heterocycles. The van der Waals surface area contributed by atoms with E-state index in [9.17, 15) is 0 Å². The van der Waals surface area contributed by atoms with E-state index in [0.717, 1.165) is 17.2 Å². The van der Waals surface area contributed by atoms with Crippen LogP contribution >= 0.6 is 0 Å². The highest BCUT2D eigenvalue weighted by atomic mass is 16.5. The molecule has 0 aliphatic rings. The van der Waals surface area contributed by atoms with Gasteiger partial charge in [-0.05, 0) is 26.0 Å². The minimum absolute atomic E-state index is 0.0292. The molecule has 1 aromatic heterocycles. The zero-order chi connectivity index (χ0) is 15.4. The highest BCUT2D eigenvalue weighted by Gasteiger charge is 2.15. The van der Waals surface area contributed by atoms with E-state index in [1.165, 1.54) is 0 Å². The van der Waals surface area contributed by atoms with Crippen molar-refractivity contribution in [3.63, 3.8) is 0 Å². The monoisotopic (exact) mass is 291 g/mol. The molecule has 1 unspecified atom stereocenters. The number of aryl methyl sites for hydroxylation is 1. The quantitative estimate of drug-likeness (QED) is 0.877. The molecule has 0 radical (unpaired) electrons. The number of nitrogens with one attached hydrogen (secondary N) is 1. The molecule has 0 saturated carbocycles. The second-order valence-electron chi connectivity index (χ2n) is 4.73. The number of hydrogen-bond donors (Lipinski definition) is 1. The van der Waals surface area contributed by atoms with Crippen molar-refractivity contribution in [2.24, 2.45) is 0 Å². The summed E-state index contributed by atoms with van der Waals surface area (Å²) in [6, 6.07) is 7.68. The molecule has 2 aromatic rings. The molecule has 0 fully saturated rings. The van der Waals surface area contributed by atoms with Crippen molar-refractivity contribution in [2.75, 3.05) is 26.6 Å². The molecular weight excluding hydrogens is 270 g/mol. The molecule has 1 heterocycles. The number of furan rings is 1. The van der Waals surface area contributed by atoms with Crippen LogP contribution < -0.4 is 19.5 Å². The summed E-state index contributed by atoms with van der Waals surface area (Å²) >= 11 is 0. The van der Waals surface area contributed by atoms with Gasteiger partial charge >= 0.3 is 0 Å². The minimum atomic E-state index is 0.0292. The van der Waals surface area contributed by atoms with E-state index in [0.29, 0.717) is 17.2 Å². The molecule has 0 aliphatic carbocycles. The predicted octanol–water partition coefficient (Wildman–Crippen LogP) is 3.79. The summed E-state index contributed by atoms with van der Waals surface area (Å²) in [6.07, 6.45) is 0. The SMILES string of the molecule is COc1cc(NC(C)c2ccc(C)o2)cc(OC)c1OC. The highest BCUT2D eigenvalue weighted by molar-refractivity contribution is 5.62. The van der Waals surface area contributed by atoms with Crippen LogP contribution in [0.3, 0.4) is 0 Å². The number of benzene rings is 1. The van der Waals surface area contributed by atoms with Gasteiger partial charge in [0.15, 0.2) is 11.5 Å². The van der Waals surface area contributed by atoms with Gasteiger partial charge in [-0.1, -0.05) is 0 Å². The van der Waals surface area contributed by atoms with Gasteiger partial charge in [0.1, 0.15) is 11.5 Å². The van der Waals surface area contributed by atoms with Crippen molar-refractivity contribution in [2.45, 2.75) is 19.9 Å². The lowest BCUT2D eigenvalue weighted by Gasteiger charge is -2.17. The Kier molecular flexibility index (Phi) is 4.62. The van der Waals surface area contributed by atoms with Gasteiger partial charge in [0.25, 0.3) is 0 Å². The van der Waals surface area contributed by atoms with Crippen LogP contribution in [0, 0.1) is 6.92 Å². The first-order chi connectivity index (χ1) is 10.1. The van der Waals surface area contributed by atoms with Crippen LogP contribution in [-0.2, 0) is 0 Å². The molecule has 0 aliphatic heterocycles. The van der Waals surface area contributed by atoms with E-state index in [1.807, 2.05) is 38.1 Å². The Morgan fingerprint density at radius 3 is 2.05 bits per heavy atom. The van der Waals surface area contributed by atoms with E-state index in [4.69, 9.17) is 18.6 Å². The van der Waals surface area contributed by atoms with E-state index in [-0.39, 0.29) is 6.04 Å². The third kappa shape index (κ3) is 3.24. The zero-order valence-corrected chi connectivity index (χ0v) is 13.0. The van der Waals surface area contributed by atoms with Crippen LogP contribution in [0.15, 0.2) is 28.7 Å². The molecule has 0 amide bonds. The first kappa shape index (κ1) is 15.1. The molecule has 5 nitrogen and oxygen atoms in total. The predicted molar refractivity (Wildman–Crippen MR) is 81.6 cm³/mol. The molecule has 2 rings (SSSR count). The van der Waals surface area contributed by atoms with Crippen LogP contribution in [-0.4, -0.2) is 21.3 Å². The summed E-state index contributed by atoms with van der Waals surface area (Å²) in [5.41, 5.74) is 0.867. The fourth-order valence-electron chi connectivity index (χ4n) is 2.17. The summed E-state index contributed by atoms with van der Waals surface area (Å²) < 4.78 is 21.6. The van der Waals surface area contributed by atoms with Crippen molar-refractivity contribution < 1.29 is 18.6 Å². The van der Waals surface area contributed by atoms with Crippen LogP contribution in [0.2, 0.25) is 0 Å². The van der Waals surface area contributed by atoms with Crippen molar-refractivity contribution in [1.82, 2.24) is 0 Å². The number of hydrogen-bond acceptors (Lipinski definition) is 5. The van der Waals surface area contributed by atoms with Crippen molar-refractivity contribution >= 4 is 5.69 Å². The smallest absolute Gasteiger partial charge is 0.203 e. The fourth-order valence-corrected chi connectivity index (χ4v) is 2.17.